The number of hydrogen-bond donors (Lipinski definition) is 0. The molecule has 1 aliphatic carbocycles. The first-order valence-electron chi connectivity index (χ1n) is 8.14. The first-order valence-corrected chi connectivity index (χ1v) is 8.14. The summed E-state index contributed by atoms with van der Waals surface area (Å²) in [6.45, 7) is 2.75. The Balaban J connectivity index is 1.99. The van der Waals surface area contributed by atoms with Gasteiger partial charge >= 0.3 is 0 Å². The second-order valence-corrected chi connectivity index (χ2v) is 5.97. The normalized spacial score (nSPS) is 17.4. The van der Waals surface area contributed by atoms with Crippen LogP contribution >= 0.6 is 0 Å². The minimum Gasteiger partial charge on any atom is -0.494 e. The largest absolute Gasteiger partial charge is 0.494 e. The van der Waals surface area contributed by atoms with Crippen LogP contribution in [0.4, 0.5) is 0 Å². The second-order valence-electron chi connectivity index (χ2n) is 5.97. The molecular weight excluding hydrogens is 256 g/mol. The third kappa shape index (κ3) is 2.83. The molecule has 0 spiro atoms. The van der Waals surface area contributed by atoms with Gasteiger partial charge in [0, 0.05) is 5.41 Å². The van der Waals surface area contributed by atoms with Crippen molar-refractivity contribution < 1.29 is 4.74 Å². The smallest absolute Gasteiger partial charge is 0.119 e. The van der Waals surface area contributed by atoms with E-state index < -0.39 is 0 Å². The highest BCUT2D eigenvalue weighted by atomic mass is 16.5. The van der Waals surface area contributed by atoms with Gasteiger partial charge in [-0.25, -0.2) is 0 Å². The Bertz CT molecular complexity index is 550. The van der Waals surface area contributed by atoms with Gasteiger partial charge in [-0.05, 0) is 43.0 Å². The van der Waals surface area contributed by atoms with Crippen molar-refractivity contribution in [3.63, 3.8) is 0 Å². The fourth-order valence-corrected chi connectivity index (χ4v) is 3.69. The van der Waals surface area contributed by atoms with Gasteiger partial charge in [0.1, 0.15) is 5.75 Å². The van der Waals surface area contributed by atoms with E-state index in [4.69, 9.17) is 4.74 Å². The molecule has 110 valence electrons. The Morgan fingerprint density at radius 2 is 1.43 bits per heavy atom. The fourth-order valence-electron chi connectivity index (χ4n) is 3.69. The van der Waals surface area contributed by atoms with Gasteiger partial charge in [0.15, 0.2) is 0 Å². The van der Waals surface area contributed by atoms with Crippen LogP contribution in [-0.2, 0) is 5.41 Å². The number of benzene rings is 2. The third-order valence-corrected chi connectivity index (χ3v) is 4.75. The molecule has 1 nitrogen and oxygen atoms in total. The van der Waals surface area contributed by atoms with Crippen LogP contribution in [0.5, 0.6) is 5.75 Å². The molecule has 1 aliphatic rings. The van der Waals surface area contributed by atoms with Gasteiger partial charge in [0.25, 0.3) is 0 Å². The molecule has 0 atom stereocenters. The van der Waals surface area contributed by atoms with Crippen LogP contribution in [0, 0.1) is 0 Å². The van der Waals surface area contributed by atoms with Gasteiger partial charge in [0.05, 0.1) is 6.61 Å². The molecule has 0 amide bonds. The van der Waals surface area contributed by atoms with Crippen molar-refractivity contribution in [2.24, 2.45) is 0 Å². The van der Waals surface area contributed by atoms with E-state index in [9.17, 15) is 0 Å². The van der Waals surface area contributed by atoms with E-state index in [1.165, 1.54) is 43.2 Å². The highest BCUT2D eigenvalue weighted by molar-refractivity contribution is 5.42. The van der Waals surface area contributed by atoms with Crippen molar-refractivity contribution in [2.45, 2.75) is 44.4 Å². The zero-order valence-corrected chi connectivity index (χ0v) is 12.8. The van der Waals surface area contributed by atoms with Gasteiger partial charge in [-0.1, -0.05) is 61.7 Å². The van der Waals surface area contributed by atoms with Crippen molar-refractivity contribution in [2.75, 3.05) is 6.61 Å². The maximum atomic E-state index is 5.59. The third-order valence-electron chi connectivity index (χ3n) is 4.75. The molecule has 0 aromatic heterocycles. The number of hydrogen-bond acceptors (Lipinski definition) is 1. The van der Waals surface area contributed by atoms with E-state index in [0.717, 1.165) is 12.4 Å². The fraction of sp³-hybridized carbons (Fsp3) is 0.400. The van der Waals surface area contributed by atoms with E-state index in [0.29, 0.717) is 0 Å². The molecule has 2 aromatic rings. The summed E-state index contributed by atoms with van der Waals surface area (Å²) in [6, 6.07) is 19.8. The Morgan fingerprint density at radius 3 is 2.05 bits per heavy atom. The average molecular weight is 280 g/mol. The monoisotopic (exact) mass is 280 g/mol. The molecule has 1 saturated carbocycles. The van der Waals surface area contributed by atoms with E-state index in [1.807, 2.05) is 6.92 Å². The molecule has 3 rings (SSSR count). The highest BCUT2D eigenvalue weighted by Crippen LogP contribution is 2.45. The van der Waals surface area contributed by atoms with E-state index in [1.54, 1.807) is 0 Å². The quantitative estimate of drug-likeness (QED) is 0.735. The van der Waals surface area contributed by atoms with Crippen molar-refractivity contribution >= 4 is 0 Å². The van der Waals surface area contributed by atoms with Crippen LogP contribution in [0.15, 0.2) is 54.6 Å². The van der Waals surface area contributed by atoms with Crippen molar-refractivity contribution in [1.82, 2.24) is 0 Å². The lowest BCUT2D eigenvalue weighted by Crippen LogP contribution is -2.30. The van der Waals surface area contributed by atoms with Gasteiger partial charge < -0.3 is 4.74 Å². The van der Waals surface area contributed by atoms with Crippen LogP contribution in [0.1, 0.15) is 50.2 Å². The molecule has 1 heteroatoms. The molecule has 2 aromatic carbocycles. The van der Waals surface area contributed by atoms with Crippen LogP contribution < -0.4 is 4.74 Å². The predicted octanol–water partition coefficient (Wildman–Crippen LogP) is 5.34. The summed E-state index contributed by atoms with van der Waals surface area (Å²) in [7, 11) is 0. The van der Waals surface area contributed by atoms with Crippen LogP contribution in [0.3, 0.4) is 0 Å². The number of ether oxygens (including phenoxy) is 1. The topological polar surface area (TPSA) is 9.23 Å². The second kappa shape index (κ2) is 6.34. The SMILES string of the molecule is CCOc1ccc(C2(c3ccccc3)CCCCC2)cc1. The molecule has 21 heavy (non-hydrogen) atoms. The lowest BCUT2D eigenvalue weighted by Gasteiger charge is -2.38. The molecule has 0 radical (unpaired) electrons. The molecule has 0 N–H and O–H groups in total. The maximum absolute atomic E-state index is 5.59. The Morgan fingerprint density at radius 1 is 0.810 bits per heavy atom. The molecular formula is C20H24O. The van der Waals surface area contributed by atoms with Crippen molar-refractivity contribution in [3.8, 4) is 5.75 Å². The van der Waals surface area contributed by atoms with E-state index >= 15 is 0 Å². The van der Waals surface area contributed by atoms with E-state index in [2.05, 4.69) is 54.6 Å². The van der Waals surface area contributed by atoms with Crippen LogP contribution in [0.2, 0.25) is 0 Å². The molecule has 0 saturated heterocycles. The molecule has 0 unspecified atom stereocenters. The molecule has 0 aliphatic heterocycles. The zero-order valence-electron chi connectivity index (χ0n) is 12.8. The lowest BCUT2D eigenvalue weighted by atomic mass is 9.65. The van der Waals surface area contributed by atoms with Gasteiger partial charge in [-0.3, -0.25) is 0 Å². The molecule has 0 bridgehead atoms. The van der Waals surface area contributed by atoms with Crippen molar-refractivity contribution in [1.29, 1.82) is 0 Å². The highest BCUT2D eigenvalue weighted by Gasteiger charge is 2.35. The standard InChI is InChI=1S/C20H24O/c1-2-21-19-13-11-18(12-14-19)20(15-7-4-8-16-20)17-9-5-3-6-10-17/h3,5-6,9-14H,2,4,7-8,15-16H2,1H3. The summed E-state index contributed by atoms with van der Waals surface area (Å²) in [5.74, 6) is 0.972. The van der Waals surface area contributed by atoms with Crippen molar-refractivity contribution in [3.05, 3.63) is 65.7 Å². The number of rotatable bonds is 4. The maximum Gasteiger partial charge on any atom is 0.119 e. The predicted molar refractivity (Wildman–Crippen MR) is 87.9 cm³/mol. The first-order chi connectivity index (χ1) is 10.3. The minimum atomic E-state index is 0.199. The van der Waals surface area contributed by atoms with Gasteiger partial charge in [-0.15, -0.1) is 0 Å². The van der Waals surface area contributed by atoms with Gasteiger partial charge in [-0.2, -0.15) is 0 Å². The minimum absolute atomic E-state index is 0.199. The molecule has 0 heterocycles. The summed E-state index contributed by atoms with van der Waals surface area (Å²) < 4.78 is 5.59. The summed E-state index contributed by atoms with van der Waals surface area (Å²) in [5.41, 5.74) is 3.11. The molecule has 1 fully saturated rings. The Hall–Kier alpha value is -1.76. The Kier molecular flexibility index (Phi) is 4.28. The first kappa shape index (κ1) is 14.2. The van der Waals surface area contributed by atoms with Crippen LogP contribution in [-0.4, -0.2) is 6.61 Å². The van der Waals surface area contributed by atoms with Crippen LogP contribution in [0.25, 0.3) is 0 Å². The summed E-state index contributed by atoms with van der Waals surface area (Å²) in [5, 5.41) is 0. The summed E-state index contributed by atoms with van der Waals surface area (Å²) >= 11 is 0. The zero-order chi connectivity index (χ0) is 14.5. The van der Waals surface area contributed by atoms with Gasteiger partial charge in [0.2, 0.25) is 0 Å². The van der Waals surface area contributed by atoms with E-state index in [-0.39, 0.29) is 5.41 Å². The average Bonchev–Trinajstić information content (AvgIpc) is 2.57. The summed E-state index contributed by atoms with van der Waals surface area (Å²) in [4.78, 5) is 0. The lowest BCUT2D eigenvalue weighted by molar-refractivity contribution is 0.335. The summed E-state index contributed by atoms with van der Waals surface area (Å²) in [6.07, 6.45) is 6.52. The Labute approximate surface area is 128 Å².